The molecule has 0 saturated heterocycles. The molecular weight excluding hydrogens is 288 g/mol. The van der Waals surface area contributed by atoms with Gasteiger partial charge < -0.3 is 15.4 Å². The molecule has 0 spiro atoms. The second-order valence-corrected chi connectivity index (χ2v) is 5.01. The Morgan fingerprint density at radius 1 is 1.19 bits per heavy atom. The fourth-order valence-corrected chi connectivity index (χ4v) is 2.19. The third-order valence-corrected chi connectivity index (χ3v) is 3.41. The van der Waals surface area contributed by atoms with Crippen molar-refractivity contribution >= 4 is 28.9 Å². The van der Waals surface area contributed by atoms with Gasteiger partial charge in [0.25, 0.3) is 5.91 Å². The van der Waals surface area contributed by atoms with Crippen LogP contribution in [0, 0.1) is 6.92 Å². The van der Waals surface area contributed by atoms with Gasteiger partial charge in [-0.25, -0.2) is 0 Å². The Kier molecular flexibility index (Phi) is 4.70. The van der Waals surface area contributed by atoms with Gasteiger partial charge >= 0.3 is 0 Å². The zero-order chi connectivity index (χ0) is 15.4. The molecule has 5 heteroatoms. The molecule has 0 unspecified atom stereocenters. The second-order valence-electron chi connectivity index (χ2n) is 4.60. The van der Waals surface area contributed by atoms with Crippen molar-refractivity contribution in [3.63, 3.8) is 0 Å². The Hall–Kier alpha value is -2.20. The molecule has 110 valence electrons. The molecule has 0 heterocycles. The number of anilines is 2. The summed E-state index contributed by atoms with van der Waals surface area (Å²) >= 11 is 5.97. The molecule has 0 radical (unpaired) electrons. The van der Waals surface area contributed by atoms with Crippen molar-refractivity contribution in [1.82, 2.24) is 0 Å². The van der Waals surface area contributed by atoms with Crippen LogP contribution >= 0.6 is 11.6 Å². The number of methoxy groups -OCH3 is 1. The van der Waals surface area contributed by atoms with E-state index in [1.54, 1.807) is 31.3 Å². The van der Waals surface area contributed by atoms with E-state index in [9.17, 15) is 4.79 Å². The molecule has 0 aromatic heterocycles. The summed E-state index contributed by atoms with van der Waals surface area (Å²) < 4.78 is 5.14. The normalized spacial score (nSPS) is 10.1. The quantitative estimate of drug-likeness (QED) is 0.899. The highest BCUT2D eigenvalue weighted by Crippen LogP contribution is 2.28. The molecule has 2 N–H and O–H groups in total. The summed E-state index contributed by atoms with van der Waals surface area (Å²) in [6, 6.07) is 10.7. The van der Waals surface area contributed by atoms with Crippen LogP contribution in [-0.4, -0.2) is 20.1 Å². The summed E-state index contributed by atoms with van der Waals surface area (Å²) in [6.45, 7) is 1.98. The van der Waals surface area contributed by atoms with Gasteiger partial charge in [0.1, 0.15) is 5.75 Å². The van der Waals surface area contributed by atoms with Crippen LogP contribution in [0.4, 0.5) is 11.4 Å². The Bertz CT molecular complexity index is 671. The average Bonchev–Trinajstić information content (AvgIpc) is 2.48. The lowest BCUT2D eigenvalue weighted by Gasteiger charge is -2.12. The molecule has 2 aromatic rings. The van der Waals surface area contributed by atoms with Gasteiger partial charge in [-0.1, -0.05) is 17.7 Å². The number of hydrogen-bond acceptors (Lipinski definition) is 3. The number of amides is 1. The number of benzene rings is 2. The van der Waals surface area contributed by atoms with Gasteiger partial charge in [0.2, 0.25) is 0 Å². The molecule has 0 bridgehead atoms. The van der Waals surface area contributed by atoms with Crippen molar-refractivity contribution in [2.75, 3.05) is 24.8 Å². The van der Waals surface area contributed by atoms with Crippen LogP contribution in [0.3, 0.4) is 0 Å². The van der Waals surface area contributed by atoms with Gasteiger partial charge in [0.05, 0.1) is 17.7 Å². The molecule has 0 aliphatic rings. The number of carbonyl (C=O) groups is 1. The number of rotatable bonds is 4. The van der Waals surface area contributed by atoms with Crippen LogP contribution in [0.15, 0.2) is 36.4 Å². The predicted molar refractivity (Wildman–Crippen MR) is 86.7 cm³/mol. The van der Waals surface area contributed by atoms with E-state index >= 15 is 0 Å². The lowest BCUT2D eigenvalue weighted by molar-refractivity contribution is 0.102. The van der Waals surface area contributed by atoms with Crippen LogP contribution in [0.5, 0.6) is 5.75 Å². The highest BCUT2D eigenvalue weighted by Gasteiger charge is 2.12. The minimum atomic E-state index is -0.191. The minimum Gasteiger partial charge on any atom is -0.495 e. The largest absolute Gasteiger partial charge is 0.495 e. The Balaban J connectivity index is 2.26. The monoisotopic (exact) mass is 304 g/mol. The van der Waals surface area contributed by atoms with E-state index in [-0.39, 0.29) is 5.91 Å². The molecule has 2 aromatic carbocycles. The molecule has 0 aliphatic heterocycles. The Morgan fingerprint density at radius 3 is 2.62 bits per heavy atom. The first-order valence-electron chi connectivity index (χ1n) is 6.48. The van der Waals surface area contributed by atoms with Gasteiger partial charge in [0.15, 0.2) is 0 Å². The standard InChI is InChI=1S/C16H17ClN2O2/c1-10-4-6-12(14(8-10)18-2)16(20)19-11-5-7-13(17)15(9-11)21-3/h4-9,18H,1-3H3,(H,19,20). The van der Waals surface area contributed by atoms with Crippen molar-refractivity contribution in [2.45, 2.75) is 6.92 Å². The summed E-state index contributed by atoms with van der Waals surface area (Å²) in [5.74, 6) is 0.330. The van der Waals surface area contributed by atoms with Crippen LogP contribution < -0.4 is 15.4 Å². The van der Waals surface area contributed by atoms with Crippen molar-refractivity contribution < 1.29 is 9.53 Å². The summed E-state index contributed by atoms with van der Waals surface area (Å²) in [4.78, 5) is 12.4. The number of halogens is 1. The average molecular weight is 305 g/mol. The molecule has 0 saturated carbocycles. The number of nitrogens with one attached hydrogen (secondary N) is 2. The summed E-state index contributed by atoms with van der Waals surface area (Å²) in [6.07, 6.45) is 0. The molecule has 1 amide bonds. The van der Waals surface area contributed by atoms with Crippen LogP contribution in [0.25, 0.3) is 0 Å². The van der Waals surface area contributed by atoms with E-state index < -0.39 is 0 Å². The molecule has 0 atom stereocenters. The number of carbonyl (C=O) groups excluding carboxylic acids is 1. The van der Waals surface area contributed by atoms with E-state index in [4.69, 9.17) is 16.3 Å². The van der Waals surface area contributed by atoms with Gasteiger partial charge in [-0.3, -0.25) is 4.79 Å². The number of aryl methyl sites for hydroxylation is 1. The van der Waals surface area contributed by atoms with Crippen molar-refractivity contribution in [3.8, 4) is 5.75 Å². The highest BCUT2D eigenvalue weighted by atomic mass is 35.5. The summed E-state index contributed by atoms with van der Waals surface area (Å²) in [7, 11) is 3.32. The molecular formula is C16H17ClN2O2. The molecule has 0 fully saturated rings. The second kappa shape index (κ2) is 6.50. The molecule has 2 rings (SSSR count). The lowest BCUT2D eigenvalue weighted by Crippen LogP contribution is -2.14. The van der Waals surface area contributed by atoms with E-state index in [0.29, 0.717) is 22.0 Å². The topological polar surface area (TPSA) is 50.4 Å². The first-order valence-corrected chi connectivity index (χ1v) is 6.86. The SMILES string of the molecule is CNc1cc(C)ccc1C(=O)Nc1ccc(Cl)c(OC)c1. The van der Waals surface area contributed by atoms with Gasteiger partial charge in [0, 0.05) is 24.5 Å². The molecule has 4 nitrogen and oxygen atoms in total. The minimum absolute atomic E-state index is 0.191. The van der Waals surface area contributed by atoms with Crippen molar-refractivity contribution in [3.05, 3.63) is 52.5 Å². The summed E-state index contributed by atoms with van der Waals surface area (Å²) in [5.41, 5.74) is 3.08. The smallest absolute Gasteiger partial charge is 0.257 e. The lowest BCUT2D eigenvalue weighted by atomic mass is 10.1. The van der Waals surface area contributed by atoms with E-state index in [1.165, 1.54) is 7.11 Å². The van der Waals surface area contributed by atoms with Gasteiger partial charge in [-0.05, 0) is 36.8 Å². The van der Waals surface area contributed by atoms with Gasteiger partial charge in [-0.2, -0.15) is 0 Å². The fourth-order valence-electron chi connectivity index (χ4n) is 2.00. The maximum absolute atomic E-state index is 12.4. The Labute approximate surface area is 129 Å². The van der Waals surface area contributed by atoms with Crippen LogP contribution in [0.1, 0.15) is 15.9 Å². The maximum Gasteiger partial charge on any atom is 0.257 e. The Morgan fingerprint density at radius 2 is 1.95 bits per heavy atom. The van der Waals surface area contributed by atoms with E-state index in [1.807, 2.05) is 19.1 Å². The zero-order valence-corrected chi connectivity index (χ0v) is 12.9. The highest BCUT2D eigenvalue weighted by molar-refractivity contribution is 6.32. The third-order valence-electron chi connectivity index (χ3n) is 3.10. The fraction of sp³-hybridized carbons (Fsp3) is 0.188. The number of hydrogen-bond donors (Lipinski definition) is 2. The maximum atomic E-state index is 12.4. The molecule has 0 aliphatic carbocycles. The van der Waals surface area contributed by atoms with Crippen LogP contribution in [-0.2, 0) is 0 Å². The third kappa shape index (κ3) is 3.47. The van der Waals surface area contributed by atoms with Gasteiger partial charge in [-0.15, -0.1) is 0 Å². The molecule has 21 heavy (non-hydrogen) atoms. The van der Waals surface area contributed by atoms with E-state index in [2.05, 4.69) is 10.6 Å². The first-order chi connectivity index (χ1) is 10.0. The number of ether oxygens (including phenoxy) is 1. The zero-order valence-electron chi connectivity index (χ0n) is 12.2. The summed E-state index contributed by atoms with van der Waals surface area (Å²) in [5, 5.41) is 6.37. The predicted octanol–water partition coefficient (Wildman–Crippen LogP) is 3.95. The van der Waals surface area contributed by atoms with Crippen molar-refractivity contribution in [1.29, 1.82) is 0 Å². The first kappa shape index (κ1) is 15.2. The van der Waals surface area contributed by atoms with E-state index in [0.717, 1.165) is 11.3 Å². The van der Waals surface area contributed by atoms with Crippen LogP contribution in [0.2, 0.25) is 5.02 Å². The van der Waals surface area contributed by atoms with Crippen molar-refractivity contribution in [2.24, 2.45) is 0 Å².